The second-order valence-electron chi connectivity index (χ2n) is 8.93. The van der Waals surface area contributed by atoms with Crippen molar-refractivity contribution in [3.8, 4) is 11.3 Å². The first-order valence-corrected chi connectivity index (χ1v) is 12.5. The highest BCUT2D eigenvalue weighted by Gasteiger charge is 2.20. The van der Waals surface area contributed by atoms with Crippen molar-refractivity contribution in [2.75, 3.05) is 48.8 Å². The average molecular weight is 518 g/mol. The zero-order valence-electron chi connectivity index (χ0n) is 21.3. The monoisotopic (exact) mass is 517 g/mol. The van der Waals surface area contributed by atoms with E-state index in [4.69, 9.17) is 10.5 Å². The molecular formula is C27H31N7O4. The van der Waals surface area contributed by atoms with Gasteiger partial charge < -0.3 is 30.8 Å². The molecule has 0 atom stereocenters. The van der Waals surface area contributed by atoms with Gasteiger partial charge in [-0.3, -0.25) is 14.6 Å². The molecule has 0 aliphatic carbocycles. The minimum Gasteiger partial charge on any atom is -0.382 e. The molecule has 0 radical (unpaired) electrons. The van der Waals surface area contributed by atoms with E-state index in [0.29, 0.717) is 50.7 Å². The number of carbonyl (C=O) groups is 3. The van der Waals surface area contributed by atoms with E-state index in [9.17, 15) is 14.4 Å². The van der Waals surface area contributed by atoms with Crippen molar-refractivity contribution < 1.29 is 19.1 Å². The van der Waals surface area contributed by atoms with Gasteiger partial charge in [-0.15, -0.1) is 0 Å². The van der Waals surface area contributed by atoms with E-state index in [-0.39, 0.29) is 36.0 Å². The summed E-state index contributed by atoms with van der Waals surface area (Å²) in [5.74, 6) is -0.586. The summed E-state index contributed by atoms with van der Waals surface area (Å²) in [6, 6.07) is 9.47. The summed E-state index contributed by atoms with van der Waals surface area (Å²) >= 11 is 0. The Bertz CT molecular complexity index is 1290. The lowest BCUT2D eigenvalue weighted by Crippen LogP contribution is -2.36. The highest BCUT2D eigenvalue weighted by molar-refractivity contribution is 6.07. The Balaban J connectivity index is 1.41. The minimum atomic E-state index is -0.475. The first-order valence-electron chi connectivity index (χ1n) is 12.5. The average Bonchev–Trinajstić information content (AvgIpc) is 2.93. The van der Waals surface area contributed by atoms with Crippen molar-refractivity contribution in [2.24, 2.45) is 0 Å². The number of anilines is 3. The van der Waals surface area contributed by atoms with Crippen LogP contribution in [0, 0.1) is 0 Å². The van der Waals surface area contributed by atoms with Crippen LogP contribution < -0.4 is 21.3 Å². The van der Waals surface area contributed by atoms with Crippen LogP contribution in [0.2, 0.25) is 0 Å². The predicted octanol–water partition coefficient (Wildman–Crippen LogP) is 2.24. The second kappa shape index (κ2) is 12.7. The SMILES string of the molecule is CC(=O)CCC(=O)NCCc1ccc(-c2cnc(N)c(C(=O)Nc3cnccc3N3CCOCC3)n2)cc1. The van der Waals surface area contributed by atoms with Gasteiger partial charge in [-0.2, -0.15) is 0 Å². The molecule has 1 saturated heterocycles. The number of morpholine rings is 1. The lowest BCUT2D eigenvalue weighted by molar-refractivity contribution is -0.124. The van der Waals surface area contributed by atoms with Gasteiger partial charge in [-0.25, -0.2) is 9.97 Å². The molecule has 4 rings (SSSR count). The molecule has 1 aromatic carbocycles. The summed E-state index contributed by atoms with van der Waals surface area (Å²) in [6.07, 6.45) is 5.90. The van der Waals surface area contributed by atoms with Gasteiger partial charge in [0.05, 0.1) is 42.7 Å². The summed E-state index contributed by atoms with van der Waals surface area (Å²) < 4.78 is 5.43. The van der Waals surface area contributed by atoms with Crippen LogP contribution in [0.25, 0.3) is 11.3 Å². The number of nitrogens with zero attached hydrogens (tertiary/aromatic N) is 4. The molecule has 198 valence electrons. The van der Waals surface area contributed by atoms with E-state index in [2.05, 4.69) is 30.5 Å². The van der Waals surface area contributed by atoms with Gasteiger partial charge in [0.1, 0.15) is 5.78 Å². The summed E-state index contributed by atoms with van der Waals surface area (Å²) in [7, 11) is 0. The molecule has 1 aliphatic heterocycles. The number of benzene rings is 1. The Morgan fingerprint density at radius 3 is 2.55 bits per heavy atom. The fourth-order valence-corrected chi connectivity index (χ4v) is 4.02. The molecule has 2 amide bonds. The molecule has 11 nitrogen and oxygen atoms in total. The lowest BCUT2D eigenvalue weighted by atomic mass is 10.1. The summed E-state index contributed by atoms with van der Waals surface area (Å²) in [5.41, 5.74) is 9.75. The van der Waals surface area contributed by atoms with Crippen LogP contribution in [0.3, 0.4) is 0 Å². The van der Waals surface area contributed by atoms with E-state index in [1.165, 1.54) is 13.1 Å². The highest BCUT2D eigenvalue weighted by atomic mass is 16.5. The number of amides is 2. The summed E-state index contributed by atoms with van der Waals surface area (Å²) in [6.45, 7) is 4.61. The van der Waals surface area contributed by atoms with Crippen LogP contribution in [-0.4, -0.2) is 65.4 Å². The van der Waals surface area contributed by atoms with Gasteiger partial charge in [0.2, 0.25) is 5.91 Å². The quantitative estimate of drug-likeness (QED) is 0.367. The van der Waals surface area contributed by atoms with Gasteiger partial charge in [0, 0.05) is 44.2 Å². The summed E-state index contributed by atoms with van der Waals surface area (Å²) in [5, 5.41) is 5.70. The van der Waals surface area contributed by atoms with Crippen LogP contribution in [0.1, 0.15) is 35.8 Å². The maximum absolute atomic E-state index is 13.1. The number of Topliss-reactive ketones (excluding diaryl/α,β-unsaturated/α-hetero) is 1. The van der Waals surface area contributed by atoms with Crippen molar-refractivity contribution in [3.05, 3.63) is 60.2 Å². The second-order valence-corrected chi connectivity index (χ2v) is 8.93. The number of nitrogen functional groups attached to an aromatic ring is 1. The first-order chi connectivity index (χ1) is 18.4. The fourth-order valence-electron chi connectivity index (χ4n) is 4.02. The van der Waals surface area contributed by atoms with Crippen LogP contribution >= 0.6 is 0 Å². The molecule has 4 N–H and O–H groups in total. The van der Waals surface area contributed by atoms with E-state index in [0.717, 1.165) is 16.8 Å². The molecule has 2 aromatic heterocycles. The number of carbonyl (C=O) groups excluding carboxylic acids is 3. The van der Waals surface area contributed by atoms with Gasteiger partial charge in [-0.05, 0) is 25.0 Å². The Kier molecular flexibility index (Phi) is 8.94. The van der Waals surface area contributed by atoms with E-state index < -0.39 is 5.91 Å². The van der Waals surface area contributed by atoms with Gasteiger partial charge in [-0.1, -0.05) is 24.3 Å². The number of aromatic nitrogens is 3. The molecule has 0 unspecified atom stereocenters. The van der Waals surface area contributed by atoms with Crippen molar-refractivity contribution in [2.45, 2.75) is 26.2 Å². The van der Waals surface area contributed by atoms with Gasteiger partial charge in [0.15, 0.2) is 11.5 Å². The summed E-state index contributed by atoms with van der Waals surface area (Å²) in [4.78, 5) is 50.9. The Hall–Kier alpha value is -4.38. The Morgan fingerprint density at radius 2 is 1.82 bits per heavy atom. The number of ether oxygens (including phenoxy) is 1. The molecule has 3 heterocycles. The molecule has 0 saturated carbocycles. The normalized spacial score (nSPS) is 13.1. The molecule has 0 spiro atoms. The van der Waals surface area contributed by atoms with Crippen LogP contribution in [0.15, 0.2) is 48.9 Å². The van der Waals surface area contributed by atoms with E-state index in [1.807, 2.05) is 30.3 Å². The van der Waals surface area contributed by atoms with Gasteiger partial charge >= 0.3 is 0 Å². The molecule has 1 aliphatic rings. The predicted molar refractivity (Wildman–Crippen MR) is 144 cm³/mol. The zero-order chi connectivity index (χ0) is 26.9. The standard InChI is InChI=1S/C27H31N7O4/c1-18(35)2-7-24(36)30-11-8-19-3-5-20(6-4-19)21-17-31-26(28)25(32-21)27(37)33-22-16-29-10-9-23(22)34-12-14-38-15-13-34/h3-6,9-10,16-17H,2,7-8,11-15H2,1H3,(H2,28,31)(H,30,36)(H,33,37). The number of nitrogens with two attached hydrogens (primary N) is 1. The van der Waals surface area contributed by atoms with E-state index >= 15 is 0 Å². The molecule has 1 fully saturated rings. The third-order valence-corrected chi connectivity index (χ3v) is 6.10. The number of hydrogen-bond acceptors (Lipinski definition) is 9. The highest BCUT2D eigenvalue weighted by Crippen LogP contribution is 2.26. The third kappa shape index (κ3) is 7.10. The molecule has 38 heavy (non-hydrogen) atoms. The molecule has 0 bridgehead atoms. The first kappa shape index (κ1) is 26.7. The largest absolute Gasteiger partial charge is 0.382 e. The van der Waals surface area contributed by atoms with Crippen LogP contribution in [0.4, 0.5) is 17.2 Å². The molecule has 11 heteroatoms. The van der Waals surface area contributed by atoms with Crippen LogP contribution in [0.5, 0.6) is 0 Å². The number of hydrogen-bond donors (Lipinski definition) is 3. The number of ketones is 1. The number of nitrogens with one attached hydrogen (secondary N) is 2. The molecule has 3 aromatic rings. The Labute approximate surface area is 220 Å². The van der Waals surface area contributed by atoms with Crippen molar-refractivity contribution in [1.82, 2.24) is 20.3 Å². The van der Waals surface area contributed by atoms with E-state index in [1.54, 1.807) is 12.4 Å². The molecular weight excluding hydrogens is 486 g/mol. The van der Waals surface area contributed by atoms with Crippen molar-refractivity contribution >= 4 is 34.8 Å². The number of pyridine rings is 1. The maximum Gasteiger partial charge on any atom is 0.278 e. The van der Waals surface area contributed by atoms with Crippen molar-refractivity contribution in [3.63, 3.8) is 0 Å². The zero-order valence-corrected chi connectivity index (χ0v) is 21.3. The number of rotatable bonds is 10. The minimum absolute atomic E-state index is 0.00282. The van der Waals surface area contributed by atoms with Crippen LogP contribution in [-0.2, 0) is 20.7 Å². The van der Waals surface area contributed by atoms with Crippen molar-refractivity contribution in [1.29, 1.82) is 0 Å². The lowest BCUT2D eigenvalue weighted by Gasteiger charge is -2.30. The fraction of sp³-hybridized carbons (Fsp3) is 0.333. The maximum atomic E-state index is 13.1. The topological polar surface area (TPSA) is 152 Å². The Morgan fingerprint density at radius 1 is 1.05 bits per heavy atom. The smallest absolute Gasteiger partial charge is 0.278 e. The van der Waals surface area contributed by atoms with Gasteiger partial charge in [0.25, 0.3) is 5.91 Å². The third-order valence-electron chi connectivity index (χ3n) is 6.10.